The number of ether oxygens (including phenoxy) is 2. The van der Waals surface area contributed by atoms with Crippen molar-refractivity contribution in [2.45, 2.75) is 89.2 Å². The molecule has 0 unspecified atom stereocenters. The molecule has 5 rings (SSSR count). The number of carboxylic acid groups (broad SMARTS) is 1. The number of pyridine rings is 1. The zero-order valence-corrected chi connectivity index (χ0v) is 30.2. The summed E-state index contributed by atoms with van der Waals surface area (Å²) in [5.74, 6) is -2.21. The number of aliphatic carboxylic acids is 1. The van der Waals surface area contributed by atoms with Gasteiger partial charge in [0.2, 0.25) is 5.60 Å². The van der Waals surface area contributed by atoms with Crippen molar-refractivity contribution in [1.82, 2.24) is 14.8 Å². The summed E-state index contributed by atoms with van der Waals surface area (Å²) < 4.78 is 95.3. The molecule has 2 saturated heterocycles. The van der Waals surface area contributed by atoms with Crippen LogP contribution in [-0.4, -0.2) is 75.6 Å². The van der Waals surface area contributed by atoms with Crippen LogP contribution >= 0.6 is 11.3 Å². The molecule has 2 aliphatic heterocycles. The lowest BCUT2D eigenvalue weighted by Gasteiger charge is -2.50. The molecular formula is C37H41F6N3O6S. The molecule has 0 aliphatic carbocycles. The number of alkyl halides is 6. The Balaban J connectivity index is 1.47. The van der Waals surface area contributed by atoms with Gasteiger partial charge in [-0.3, -0.25) is 19.4 Å². The average molecular weight is 770 g/mol. The number of carbonyl (C=O) groups excluding carboxylic acids is 2. The largest absolute Gasteiger partial charge is 0.492 e. The molecule has 9 nitrogen and oxygen atoms in total. The summed E-state index contributed by atoms with van der Waals surface area (Å²) in [6.07, 6.45) is -7.00. The Morgan fingerprint density at radius 3 is 2.28 bits per heavy atom. The Bertz CT molecular complexity index is 1790. The van der Waals surface area contributed by atoms with Gasteiger partial charge in [0.05, 0.1) is 17.0 Å². The molecule has 2 atom stereocenters. The maximum absolute atomic E-state index is 14.9. The third-order valence-electron chi connectivity index (χ3n) is 9.81. The highest BCUT2D eigenvalue weighted by molar-refractivity contribution is 7.13. The molecule has 4 heterocycles. The van der Waals surface area contributed by atoms with Crippen LogP contribution in [0.4, 0.5) is 26.3 Å². The van der Waals surface area contributed by atoms with Gasteiger partial charge < -0.3 is 24.4 Å². The number of hydrogen-bond donors (Lipinski definition) is 1. The zero-order valence-electron chi connectivity index (χ0n) is 29.4. The topological polar surface area (TPSA) is 109 Å². The van der Waals surface area contributed by atoms with Crippen LogP contribution in [0.15, 0.2) is 54.7 Å². The summed E-state index contributed by atoms with van der Waals surface area (Å²) in [5, 5.41) is 9.32. The predicted molar refractivity (Wildman–Crippen MR) is 183 cm³/mol. The summed E-state index contributed by atoms with van der Waals surface area (Å²) in [6, 6.07) is 9.86. The number of halogens is 6. The fraction of sp³-hybridized carbons (Fsp3) is 0.514. The quantitative estimate of drug-likeness (QED) is 0.196. The van der Waals surface area contributed by atoms with Gasteiger partial charge in [-0.2, -0.15) is 26.3 Å². The second-order valence-corrected chi connectivity index (χ2v) is 15.0. The van der Waals surface area contributed by atoms with E-state index < -0.39 is 63.3 Å². The molecule has 0 radical (unpaired) electrons. The van der Waals surface area contributed by atoms with Crippen LogP contribution in [0.25, 0.3) is 0 Å². The highest BCUT2D eigenvalue weighted by Gasteiger charge is 2.56. The van der Waals surface area contributed by atoms with Crippen molar-refractivity contribution in [3.63, 3.8) is 0 Å². The number of aromatic nitrogens is 1. The van der Waals surface area contributed by atoms with E-state index in [1.54, 1.807) is 37.8 Å². The number of amides is 2. The van der Waals surface area contributed by atoms with Crippen LogP contribution < -0.4 is 9.47 Å². The van der Waals surface area contributed by atoms with Crippen molar-refractivity contribution < 1.29 is 55.3 Å². The van der Waals surface area contributed by atoms with Gasteiger partial charge in [0.25, 0.3) is 11.8 Å². The predicted octanol–water partition coefficient (Wildman–Crippen LogP) is 8.30. The fourth-order valence-electron chi connectivity index (χ4n) is 6.98. The highest BCUT2D eigenvalue weighted by Crippen LogP contribution is 2.44. The van der Waals surface area contributed by atoms with Crippen molar-refractivity contribution in [3.8, 4) is 10.8 Å². The lowest BCUT2D eigenvalue weighted by molar-refractivity contribution is -0.160. The van der Waals surface area contributed by atoms with Gasteiger partial charge in [0.1, 0.15) is 22.9 Å². The first kappa shape index (κ1) is 39.9. The van der Waals surface area contributed by atoms with E-state index in [1.807, 2.05) is 12.1 Å². The van der Waals surface area contributed by atoms with Crippen LogP contribution in [0.2, 0.25) is 0 Å². The Hall–Kier alpha value is -4.34. The van der Waals surface area contributed by atoms with Crippen LogP contribution in [0.5, 0.6) is 10.8 Å². The van der Waals surface area contributed by atoms with Crippen molar-refractivity contribution in [2.24, 2.45) is 5.41 Å². The third kappa shape index (κ3) is 8.57. The minimum absolute atomic E-state index is 0.00381. The van der Waals surface area contributed by atoms with E-state index in [-0.39, 0.29) is 56.5 Å². The number of para-hydroxylation sites is 1. The number of benzene rings is 1. The molecule has 0 bridgehead atoms. The lowest BCUT2D eigenvalue weighted by Crippen LogP contribution is -2.68. The van der Waals surface area contributed by atoms with Gasteiger partial charge >= 0.3 is 18.3 Å². The van der Waals surface area contributed by atoms with Crippen LogP contribution in [-0.2, 0) is 21.9 Å². The standard InChI is InChI=1S/C37H41F6N3O6S/c1-4-9-27-35(52-29-14-13-28(53-29)37(41,42)43,17-8-19-46(27)31(47)30-25(36(38,39)40)11-7-18-44-30)32(48)45-20-15-23(16-21-45)24-10-5-6-12-26(24)51-22-34(2,3)33(49)50/h5-7,10-14,18,23,27H,4,8-9,15-17,19-22H2,1-3H3,(H,49,50)/t27-,35+/m1/s1. The maximum Gasteiger partial charge on any atom is 0.425 e. The van der Waals surface area contributed by atoms with E-state index >= 15 is 0 Å². The van der Waals surface area contributed by atoms with Gasteiger partial charge in [0.15, 0.2) is 5.06 Å². The molecule has 2 fully saturated rings. The average Bonchev–Trinajstić information content (AvgIpc) is 3.60. The van der Waals surface area contributed by atoms with E-state index in [2.05, 4.69) is 4.98 Å². The van der Waals surface area contributed by atoms with Crippen molar-refractivity contribution in [2.75, 3.05) is 26.2 Å². The summed E-state index contributed by atoms with van der Waals surface area (Å²) in [6.45, 7) is 5.18. The van der Waals surface area contributed by atoms with Crippen molar-refractivity contribution in [1.29, 1.82) is 0 Å². The Morgan fingerprint density at radius 2 is 1.66 bits per heavy atom. The van der Waals surface area contributed by atoms with E-state index in [4.69, 9.17) is 9.47 Å². The number of nitrogens with zero attached hydrogens (tertiary/aromatic N) is 3. The smallest absolute Gasteiger partial charge is 0.425 e. The van der Waals surface area contributed by atoms with E-state index in [0.717, 1.165) is 36.0 Å². The Kier molecular flexibility index (Phi) is 11.7. The number of carbonyl (C=O) groups is 3. The highest BCUT2D eigenvalue weighted by atomic mass is 32.1. The van der Waals surface area contributed by atoms with Crippen LogP contribution in [0.1, 0.15) is 91.7 Å². The molecule has 0 spiro atoms. The van der Waals surface area contributed by atoms with E-state index in [9.17, 15) is 45.8 Å². The van der Waals surface area contributed by atoms with Crippen LogP contribution in [0.3, 0.4) is 0 Å². The number of rotatable bonds is 11. The number of hydrogen-bond acceptors (Lipinski definition) is 7. The first-order valence-corrected chi connectivity index (χ1v) is 18.1. The van der Waals surface area contributed by atoms with Crippen molar-refractivity contribution >= 4 is 29.1 Å². The number of likely N-dealkylation sites (tertiary alicyclic amines) is 2. The summed E-state index contributed by atoms with van der Waals surface area (Å²) in [7, 11) is 0. The molecule has 288 valence electrons. The summed E-state index contributed by atoms with van der Waals surface area (Å²) in [5.41, 5.74) is -4.31. The van der Waals surface area contributed by atoms with Gasteiger partial charge in [-0.25, -0.2) is 0 Å². The molecule has 2 amide bonds. The lowest BCUT2D eigenvalue weighted by atomic mass is 9.79. The summed E-state index contributed by atoms with van der Waals surface area (Å²) >= 11 is 0.302. The molecule has 16 heteroatoms. The molecule has 2 aromatic heterocycles. The molecule has 2 aliphatic rings. The molecule has 1 N–H and O–H groups in total. The number of thiophene rings is 1. The Morgan fingerprint density at radius 1 is 0.962 bits per heavy atom. The number of carboxylic acids is 1. The second kappa shape index (κ2) is 15.6. The van der Waals surface area contributed by atoms with Gasteiger partial charge in [-0.15, -0.1) is 0 Å². The molecule has 53 heavy (non-hydrogen) atoms. The number of piperidine rings is 2. The Labute approximate surface area is 306 Å². The first-order valence-electron chi connectivity index (χ1n) is 17.3. The third-order valence-corrected chi connectivity index (χ3v) is 10.8. The molecule has 1 aromatic carbocycles. The minimum atomic E-state index is -4.90. The monoisotopic (exact) mass is 769 g/mol. The van der Waals surface area contributed by atoms with Crippen molar-refractivity contribution in [3.05, 3.63) is 76.4 Å². The fourth-order valence-corrected chi connectivity index (χ4v) is 7.78. The van der Waals surface area contributed by atoms with E-state index in [1.165, 1.54) is 4.90 Å². The van der Waals surface area contributed by atoms with Gasteiger partial charge in [-0.1, -0.05) is 42.9 Å². The normalized spacial score (nSPS) is 20.3. The molecule has 0 saturated carbocycles. The maximum atomic E-state index is 14.9. The van der Waals surface area contributed by atoms with Gasteiger partial charge in [0, 0.05) is 32.3 Å². The van der Waals surface area contributed by atoms with Crippen LogP contribution in [0, 0.1) is 5.41 Å². The molecule has 3 aromatic rings. The molecular weight excluding hydrogens is 728 g/mol. The SMILES string of the molecule is CCC[C@H]1N(C(=O)c2ncccc2C(F)(F)F)CCC[C@@]1(Oc1ccc(C(F)(F)F)s1)C(=O)N1CCC(c2ccccc2OCC(C)(C)C(=O)O)CC1. The zero-order chi connectivity index (χ0) is 38.8. The van der Waals surface area contributed by atoms with Gasteiger partial charge in [-0.05, 0) is 81.3 Å². The van der Waals surface area contributed by atoms with E-state index in [0.29, 0.717) is 36.3 Å². The first-order chi connectivity index (χ1) is 24.9. The second-order valence-electron chi connectivity index (χ2n) is 14.0. The minimum Gasteiger partial charge on any atom is -0.492 e. The summed E-state index contributed by atoms with van der Waals surface area (Å²) in [4.78, 5) is 46.0.